The van der Waals surface area contributed by atoms with Crippen molar-refractivity contribution in [3.63, 3.8) is 0 Å². The van der Waals surface area contributed by atoms with Crippen LogP contribution in [0.4, 0.5) is 0 Å². The van der Waals surface area contributed by atoms with Crippen molar-refractivity contribution < 1.29 is 0 Å². The normalized spacial score (nSPS) is 12.9. The third-order valence-electron chi connectivity index (χ3n) is 2.97. The summed E-state index contributed by atoms with van der Waals surface area (Å²) in [6.07, 6.45) is 1.79. The summed E-state index contributed by atoms with van der Waals surface area (Å²) < 4.78 is 3.04. The zero-order valence-electron chi connectivity index (χ0n) is 10.5. The Kier molecular flexibility index (Phi) is 4.55. The lowest BCUT2D eigenvalue weighted by Gasteiger charge is -2.15. The van der Waals surface area contributed by atoms with Crippen molar-refractivity contribution >= 4 is 27.3 Å². The van der Waals surface area contributed by atoms with Crippen molar-refractivity contribution in [1.29, 1.82) is 0 Å². The van der Waals surface area contributed by atoms with Crippen LogP contribution >= 0.6 is 27.3 Å². The van der Waals surface area contributed by atoms with Crippen LogP contribution < -0.4 is 11.3 Å². The van der Waals surface area contributed by atoms with Gasteiger partial charge in [0.15, 0.2) is 0 Å². The lowest BCUT2D eigenvalue weighted by Crippen LogP contribution is -2.29. The molecule has 2 aromatic heterocycles. The second-order valence-corrected chi connectivity index (χ2v) is 5.96. The molecule has 0 aromatic carbocycles. The van der Waals surface area contributed by atoms with E-state index in [4.69, 9.17) is 5.84 Å². The minimum atomic E-state index is 0.111. The highest BCUT2D eigenvalue weighted by Gasteiger charge is 2.17. The number of aryl methyl sites for hydroxylation is 2. The van der Waals surface area contributed by atoms with Crippen LogP contribution in [0, 0.1) is 0 Å². The SMILES string of the molecule is CCc1cc(CC(NN)c2sccc2Br)n(C)n1. The van der Waals surface area contributed by atoms with Gasteiger partial charge in [-0.1, -0.05) is 6.92 Å². The molecule has 0 bridgehead atoms. The Morgan fingerprint density at radius 3 is 2.89 bits per heavy atom. The predicted octanol–water partition coefficient (Wildman–Crippen LogP) is 2.55. The van der Waals surface area contributed by atoms with Crippen LogP contribution in [0.25, 0.3) is 0 Å². The molecule has 4 nitrogen and oxygen atoms in total. The minimum Gasteiger partial charge on any atom is -0.272 e. The number of hydrogen-bond donors (Lipinski definition) is 2. The fourth-order valence-electron chi connectivity index (χ4n) is 1.93. The zero-order valence-corrected chi connectivity index (χ0v) is 12.9. The molecule has 0 saturated heterocycles. The van der Waals surface area contributed by atoms with Gasteiger partial charge in [0.25, 0.3) is 0 Å². The van der Waals surface area contributed by atoms with Crippen LogP contribution in [-0.2, 0) is 19.9 Å². The molecule has 98 valence electrons. The molecule has 2 heterocycles. The van der Waals surface area contributed by atoms with Gasteiger partial charge in [0.2, 0.25) is 0 Å². The van der Waals surface area contributed by atoms with E-state index in [2.05, 4.69) is 44.8 Å². The van der Waals surface area contributed by atoms with E-state index >= 15 is 0 Å². The fourth-order valence-corrected chi connectivity index (χ4v) is 3.64. The van der Waals surface area contributed by atoms with E-state index in [1.807, 2.05) is 17.8 Å². The molecule has 1 unspecified atom stereocenters. The van der Waals surface area contributed by atoms with E-state index in [1.54, 1.807) is 11.3 Å². The number of aromatic nitrogens is 2. The van der Waals surface area contributed by atoms with E-state index in [-0.39, 0.29) is 6.04 Å². The molecule has 0 aliphatic rings. The molecule has 0 aliphatic heterocycles. The number of hydrazine groups is 1. The molecular formula is C12H17BrN4S. The molecule has 18 heavy (non-hydrogen) atoms. The standard InChI is InChI=1S/C12H17BrN4S/c1-3-8-6-9(17(2)16-8)7-11(15-14)12-10(13)4-5-18-12/h4-6,11,15H,3,7,14H2,1-2H3. The average Bonchev–Trinajstić information content (AvgIpc) is 2.93. The number of hydrogen-bond acceptors (Lipinski definition) is 4. The van der Waals surface area contributed by atoms with Crippen LogP contribution in [0.1, 0.15) is 29.2 Å². The van der Waals surface area contributed by atoms with Crippen molar-refractivity contribution in [3.05, 3.63) is 38.3 Å². The summed E-state index contributed by atoms with van der Waals surface area (Å²) in [4.78, 5) is 1.22. The number of rotatable bonds is 5. The van der Waals surface area contributed by atoms with Crippen molar-refractivity contribution in [2.45, 2.75) is 25.8 Å². The van der Waals surface area contributed by atoms with Gasteiger partial charge >= 0.3 is 0 Å². The number of halogens is 1. The zero-order chi connectivity index (χ0) is 13.1. The molecule has 1 atom stereocenters. The van der Waals surface area contributed by atoms with E-state index in [0.717, 1.165) is 23.0 Å². The molecular weight excluding hydrogens is 312 g/mol. The highest BCUT2D eigenvalue weighted by atomic mass is 79.9. The molecule has 0 saturated carbocycles. The van der Waals surface area contributed by atoms with Gasteiger partial charge in [-0.15, -0.1) is 11.3 Å². The van der Waals surface area contributed by atoms with Crippen LogP contribution in [0.15, 0.2) is 22.0 Å². The maximum absolute atomic E-state index is 5.68. The Bertz CT molecular complexity index is 520. The Hall–Kier alpha value is -0.690. The van der Waals surface area contributed by atoms with Gasteiger partial charge in [-0.05, 0) is 39.9 Å². The van der Waals surface area contributed by atoms with Gasteiger partial charge in [0.1, 0.15) is 0 Å². The van der Waals surface area contributed by atoms with Crippen molar-refractivity contribution in [2.75, 3.05) is 0 Å². The van der Waals surface area contributed by atoms with E-state index in [0.29, 0.717) is 0 Å². The lowest BCUT2D eigenvalue weighted by atomic mass is 10.1. The molecule has 0 fully saturated rings. The first-order valence-corrected chi connectivity index (χ1v) is 7.53. The van der Waals surface area contributed by atoms with Crippen molar-refractivity contribution in [1.82, 2.24) is 15.2 Å². The van der Waals surface area contributed by atoms with Gasteiger partial charge < -0.3 is 0 Å². The third-order valence-corrected chi connectivity index (χ3v) is 4.95. The molecule has 0 spiro atoms. The maximum Gasteiger partial charge on any atom is 0.0624 e. The molecule has 2 aromatic rings. The van der Waals surface area contributed by atoms with E-state index in [9.17, 15) is 0 Å². The lowest BCUT2D eigenvalue weighted by molar-refractivity contribution is 0.536. The first kappa shape index (κ1) is 13.7. The summed E-state index contributed by atoms with van der Waals surface area (Å²) in [5, 5.41) is 6.52. The van der Waals surface area contributed by atoms with Gasteiger partial charge in [0, 0.05) is 28.5 Å². The quantitative estimate of drug-likeness (QED) is 0.655. The molecule has 0 amide bonds. The Balaban J connectivity index is 2.20. The highest BCUT2D eigenvalue weighted by molar-refractivity contribution is 9.10. The van der Waals surface area contributed by atoms with Crippen LogP contribution in [0.5, 0.6) is 0 Å². The predicted molar refractivity (Wildman–Crippen MR) is 78.4 cm³/mol. The van der Waals surface area contributed by atoms with E-state index < -0.39 is 0 Å². The fraction of sp³-hybridized carbons (Fsp3) is 0.417. The number of nitrogens with one attached hydrogen (secondary N) is 1. The largest absolute Gasteiger partial charge is 0.272 e. The number of nitrogens with zero attached hydrogens (tertiary/aromatic N) is 2. The number of thiophene rings is 1. The van der Waals surface area contributed by atoms with Crippen LogP contribution in [0.3, 0.4) is 0 Å². The maximum atomic E-state index is 5.68. The second-order valence-electron chi connectivity index (χ2n) is 4.16. The Labute approximate surface area is 119 Å². The molecule has 2 rings (SSSR count). The summed E-state index contributed by atoms with van der Waals surface area (Å²) in [5.41, 5.74) is 5.20. The molecule has 3 N–H and O–H groups in total. The summed E-state index contributed by atoms with van der Waals surface area (Å²) in [6.45, 7) is 2.11. The average molecular weight is 329 g/mol. The Morgan fingerprint density at radius 1 is 1.61 bits per heavy atom. The van der Waals surface area contributed by atoms with E-state index in [1.165, 1.54) is 10.6 Å². The first-order chi connectivity index (χ1) is 8.65. The minimum absolute atomic E-state index is 0.111. The Morgan fingerprint density at radius 2 is 2.39 bits per heavy atom. The van der Waals surface area contributed by atoms with Gasteiger partial charge in [0.05, 0.1) is 11.7 Å². The summed E-state index contributed by atoms with van der Waals surface area (Å²) in [6, 6.07) is 4.30. The summed E-state index contributed by atoms with van der Waals surface area (Å²) in [7, 11) is 1.98. The molecule has 6 heteroatoms. The monoisotopic (exact) mass is 328 g/mol. The highest BCUT2D eigenvalue weighted by Crippen LogP contribution is 2.30. The molecule has 0 radical (unpaired) electrons. The second kappa shape index (κ2) is 5.97. The third kappa shape index (κ3) is 2.83. The first-order valence-electron chi connectivity index (χ1n) is 5.86. The number of nitrogens with two attached hydrogens (primary N) is 1. The van der Waals surface area contributed by atoms with Crippen LogP contribution in [0.2, 0.25) is 0 Å². The van der Waals surface area contributed by atoms with Crippen molar-refractivity contribution in [2.24, 2.45) is 12.9 Å². The van der Waals surface area contributed by atoms with Crippen LogP contribution in [-0.4, -0.2) is 9.78 Å². The smallest absolute Gasteiger partial charge is 0.0624 e. The van der Waals surface area contributed by atoms with Gasteiger partial charge in [-0.25, -0.2) is 0 Å². The summed E-state index contributed by atoms with van der Waals surface area (Å²) >= 11 is 5.25. The van der Waals surface area contributed by atoms with Crippen molar-refractivity contribution in [3.8, 4) is 0 Å². The van der Waals surface area contributed by atoms with Gasteiger partial charge in [-0.3, -0.25) is 16.0 Å². The van der Waals surface area contributed by atoms with Gasteiger partial charge in [-0.2, -0.15) is 5.10 Å². The molecule has 0 aliphatic carbocycles. The topological polar surface area (TPSA) is 55.9 Å². The summed E-state index contributed by atoms with van der Waals surface area (Å²) in [5.74, 6) is 5.68.